The Bertz CT molecular complexity index is 492. The first-order chi connectivity index (χ1) is 8.01. The highest BCUT2D eigenvalue weighted by Crippen LogP contribution is 2.26. The number of H-pyrrole nitrogens is 1. The lowest BCUT2D eigenvalue weighted by atomic mass is 9.89. The number of hydrogen-bond donors (Lipinski definition) is 3. The molecule has 0 bridgehead atoms. The molecule has 1 aliphatic heterocycles. The molecule has 0 aliphatic carbocycles. The van der Waals surface area contributed by atoms with Crippen LogP contribution in [0.3, 0.4) is 0 Å². The molecule has 1 fully saturated rings. The molecule has 1 aromatic rings. The van der Waals surface area contributed by atoms with Gasteiger partial charge in [0.1, 0.15) is 5.69 Å². The molecule has 0 saturated carbocycles. The Labute approximate surface area is 107 Å². The summed E-state index contributed by atoms with van der Waals surface area (Å²) in [5, 5.41) is 5.83. The van der Waals surface area contributed by atoms with Crippen LogP contribution in [0.2, 0.25) is 0 Å². The molecule has 1 saturated heterocycles. The Morgan fingerprint density at radius 3 is 3.00 bits per heavy atom. The zero-order valence-corrected chi connectivity index (χ0v) is 11.1. The molecule has 17 heavy (non-hydrogen) atoms. The third-order valence-corrected chi connectivity index (χ3v) is 3.49. The van der Waals surface area contributed by atoms with Crippen molar-refractivity contribution >= 4 is 27.5 Å². The molecule has 6 heteroatoms. The van der Waals surface area contributed by atoms with Crippen LogP contribution >= 0.6 is 15.9 Å². The van der Waals surface area contributed by atoms with E-state index in [0.717, 1.165) is 17.4 Å². The van der Waals surface area contributed by atoms with E-state index in [1.165, 1.54) is 6.20 Å². The summed E-state index contributed by atoms with van der Waals surface area (Å²) >= 11 is 3.25. The van der Waals surface area contributed by atoms with Crippen LogP contribution in [-0.2, 0) is 4.79 Å². The fourth-order valence-electron chi connectivity index (χ4n) is 1.83. The van der Waals surface area contributed by atoms with Gasteiger partial charge in [-0.2, -0.15) is 0 Å². The number of hydrogen-bond acceptors (Lipinski definition) is 3. The number of aromatic nitrogens is 1. The predicted octanol–water partition coefficient (Wildman–Crippen LogP) is 1.08. The molecule has 0 unspecified atom stereocenters. The molecule has 5 nitrogen and oxygen atoms in total. The average Bonchev–Trinajstić information content (AvgIpc) is 2.72. The fraction of sp³-hybridized carbons (Fsp3) is 0.455. The highest BCUT2D eigenvalue weighted by atomic mass is 79.9. The number of anilines is 1. The van der Waals surface area contributed by atoms with Crippen molar-refractivity contribution < 1.29 is 4.79 Å². The van der Waals surface area contributed by atoms with Crippen LogP contribution in [0.4, 0.5) is 5.69 Å². The Morgan fingerprint density at radius 2 is 2.35 bits per heavy atom. The minimum Gasteiger partial charge on any atom is -0.326 e. The van der Waals surface area contributed by atoms with Gasteiger partial charge in [-0.15, -0.1) is 0 Å². The maximum atomic E-state index is 12.1. The second-order valence-corrected chi connectivity index (χ2v) is 5.42. The largest absolute Gasteiger partial charge is 0.326 e. The SMILES string of the molecule is C[C@@]1(C(=O)Nc2cc(Br)c[nH]c2=O)CCNC1. The molecular formula is C11H14BrN3O2. The Morgan fingerprint density at radius 1 is 1.59 bits per heavy atom. The van der Waals surface area contributed by atoms with Crippen molar-refractivity contribution in [2.24, 2.45) is 5.41 Å². The monoisotopic (exact) mass is 299 g/mol. The zero-order valence-electron chi connectivity index (χ0n) is 9.47. The quantitative estimate of drug-likeness (QED) is 0.765. The molecule has 0 aromatic carbocycles. The molecule has 92 valence electrons. The van der Waals surface area contributed by atoms with Gasteiger partial charge in [-0.3, -0.25) is 9.59 Å². The summed E-state index contributed by atoms with van der Waals surface area (Å²) < 4.78 is 0.724. The van der Waals surface area contributed by atoms with E-state index in [4.69, 9.17) is 0 Å². The van der Waals surface area contributed by atoms with E-state index in [1.54, 1.807) is 6.07 Å². The van der Waals surface area contributed by atoms with E-state index in [0.29, 0.717) is 6.54 Å². The van der Waals surface area contributed by atoms with Crippen molar-refractivity contribution in [2.45, 2.75) is 13.3 Å². The van der Waals surface area contributed by atoms with Crippen molar-refractivity contribution in [1.29, 1.82) is 0 Å². The lowest BCUT2D eigenvalue weighted by molar-refractivity contribution is -0.123. The molecular weight excluding hydrogens is 286 g/mol. The van der Waals surface area contributed by atoms with E-state index in [1.807, 2.05) is 6.92 Å². The molecule has 2 rings (SSSR count). The van der Waals surface area contributed by atoms with Gasteiger partial charge in [0, 0.05) is 17.2 Å². The highest BCUT2D eigenvalue weighted by molar-refractivity contribution is 9.10. The van der Waals surface area contributed by atoms with E-state index in [2.05, 4.69) is 31.5 Å². The number of aromatic amines is 1. The molecule has 1 atom stereocenters. The number of halogens is 1. The van der Waals surface area contributed by atoms with Gasteiger partial charge in [0.2, 0.25) is 5.91 Å². The van der Waals surface area contributed by atoms with Gasteiger partial charge in [-0.25, -0.2) is 0 Å². The molecule has 0 radical (unpaired) electrons. The first-order valence-electron chi connectivity index (χ1n) is 5.42. The smallest absolute Gasteiger partial charge is 0.271 e. The number of carbonyl (C=O) groups excluding carboxylic acids is 1. The van der Waals surface area contributed by atoms with Crippen LogP contribution in [0.15, 0.2) is 21.5 Å². The van der Waals surface area contributed by atoms with Crippen molar-refractivity contribution in [3.8, 4) is 0 Å². The van der Waals surface area contributed by atoms with Gasteiger partial charge in [0.15, 0.2) is 0 Å². The summed E-state index contributed by atoms with van der Waals surface area (Å²) in [5.74, 6) is -0.119. The molecule has 2 heterocycles. The van der Waals surface area contributed by atoms with Gasteiger partial charge < -0.3 is 15.6 Å². The highest BCUT2D eigenvalue weighted by Gasteiger charge is 2.36. The van der Waals surface area contributed by atoms with Crippen LogP contribution in [0.25, 0.3) is 0 Å². The van der Waals surface area contributed by atoms with Crippen molar-refractivity contribution in [1.82, 2.24) is 10.3 Å². The average molecular weight is 300 g/mol. The first-order valence-corrected chi connectivity index (χ1v) is 6.21. The zero-order chi connectivity index (χ0) is 12.5. The Balaban J connectivity index is 2.18. The standard InChI is InChI=1S/C11H14BrN3O2/c1-11(2-3-13-6-11)10(17)15-8-4-7(12)5-14-9(8)16/h4-5,13H,2-3,6H2,1H3,(H,14,16)(H,15,17)/t11-/m1/s1. The summed E-state index contributed by atoms with van der Waals surface area (Å²) in [5.41, 5.74) is -0.456. The lowest BCUT2D eigenvalue weighted by Gasteiger charge is -2.21. The first kappa shape index (κ1) is 12.3. The third kappa shape index (κ3) is 2.58. The van der Waals surface area contributed by atoms with Crippen molar-refractivity contribution in [3.05, 3.63) is 27.1 Å². The summed E-state index contributed by atoms with van der Waals surface area (Å²) in [7, 11) is 0. The van der Waals surface area contributed by atoms with Gasteiger partial charge >= 0.3 is 0 Å². The number of nitrogens with one attached hydrogen (secondary N) is 3. The van der Waals surface area contributed by atoms with Crippen LogP contribution in [-0.4, -0.2) is 24.0 Å². The van der Waals surface area contributed by atoms with E-state index >= 15 is 0 Å². The van der Waals surface area contributed by atoms with Crippen molar-refractivity contribution in [3.63, 3.8) is 0 Å². The van der Waals surface area contributed by atoms with E-state index in [-0.39, 0.29) is 17.2 Å². The summed E-state index contributed by atoms with van der Waals surface area (Å²) in [6.07, 6.45) is 2.32. The summed E-state index contributed by atoms with van der Waals surface area (Å²) in [6, 6.07) is 1.60. The number of pyridine rings is 1. The van der Waals surface area contributed by atoms with Gasteiger partial charge in [0.25, 0.3) is 5.56 Å². The minimum atomic E-state index is -0.436. The van der Waals surface area contributed by atoms with Crippen LogP contribution < -0.4 is 16.2 Å². The summed E-state index contributed by atoms with van der Waals surface area (Å²) in [4.78, 5) is 26.1. The van der Waals surface area contributed by atoms with Gasteiger partial charge in [-0.1, -0.05) is 0 Å². The van der Waals surface area contributed by atoms with Crippen LogP contribution in [0.1, 0.15) is 13.3 Å². The predicted molar refractivity (Wildman–Crippen MR) is 69.0 cm³/mol. The molecule has 0 spiro atoms. The van der Waals surface area contributed by atoms with Gasteiger partial charge in [-0.05, 0) is 41.9 Å². The number of rotatable bonds is 2. The van der Waals surface area contributed by atoms with E-state index in [9.17, 15) is 9.59 Å². The lowest BCUT2D eigenvalue weighted by Crippen LogP contribution is -2.36. The van der Waals surface area contributed by atoms with Crippen LogP contribution in [0, 0.1) is 5.41 Å². The number of amides is 1. The second-order valence-electron chi connectivity index (χ2n) is 4.50. The topological polar surface area (TPSA) is 74.0 Å². The maximum absolute atomic E-state index is 12.1. The molecule has 1 amide bonds. The minimum absolute atomic E-state index is 0.119. The summed E-state index contributed by atoms with van der Waals surface area (Å²) in [6.45, 7) is 3.37. The molecule has 3 N–H and O–H groups in total. The van der Waals surface area contributed by atoms with Crippen LogP contribution in [0.5, 0.6) is 0 Å². The van der Waals surface area contributed by atoms with Crippen molar-refractivity contribution in [2.75, 3.05) is 18.4 Å². The normalized spacial score (nSPS) is 23.6. The van der Waals surface area contributed by atoms with E-state index < -0.39 is 5.41 Å². The fourth-order valence-corrected chi connectivity index (χ4v) is 2.18. The third-order valence-electron chi connectivity index (χ3n) is 3.03. The number of carbonyl (C=O) groups is 1. The second kappa shape index (κ2) is 4.62. The molecule has 1 aliphatic rings. The molecule has 1 aromatic heterocycles. The Hall–Kier alpha value is -1.14. The Kier molecular flexibility index (Phi) is 3.35. The maximum Gasteiger partial charge on any atom is 0.271 e. The van der Waals surface area contributed by atoms with Gasteiger partial charge in [0.05, 0.1) is 5.41 Å².